The summed E-state index contributed by atoms with van der Waals surface area (Å²) >= 11 is 0. The van der Waals surface area contributed by atoms with Crippen LogP contribution in [-0.4, -0.2) is 26.9 Å². The summed E-state index contributed by atoms with van der Waals surface area (Å²) in [6.07, 6.45) is 0. The number of nitrogens with one attached hydrogen (secondary N) is 1. The molecule has 10 nitrogen and oxygen atoms in total. The van der Waals surface area contributed by atoms with Crippen molar-refractivity contribution in [2.24, 2.45) is 11.8 Å². The van der Waals surface area contributed by atoms with Crippen molar-refractivity contribution in [1.29, 1.82) is 0 Å². The predicted octanol–water partition coefficient (Wildman–Crippen LogP) is 1.99. The third-order valence-corrected chi connectivity index (χ3v) is 4.16. The maximum atomic E-state index is 13.3. The average molecular weight is 403 g/mol. The number of H-pyrrole nitrogens is 1. The lowest BCUT2D eigenvalue weighted by Gasteiger charge is -2.26. The molecule has 10 heteroatoms. The number of amides is 1. The van der Waals surface area contributed by atoms with Crippen LogP contribution >= 0.6 is 0 Å². The van der Waals surface area contributed by atoms with Crippen LogP contribution < -0.4 is 21.9 Å². The fraction of sp³-hybridized carbons (Fsp3) is 0.421. The minimum Gasteiger partial charge on any atom is -0.383 e. The van der Waals surface area contributed by atoms with E-state index in [1.54, 1.807) is 0 Å². The van der Waals surface area contributed by atoms with Crippen LogP contribution in [0.2, 0.25) is 0 Å². The second-order valence-corrected chi connectivity index (χ2v) is 7.58. The fourth-order valence-corrected chi connectivity index (χ4v) is 2.98. The van der Waals surface area contributed by atoms with Crippen LogP contribution in [0.3, 0.4) is 0 Å². The Balaban J connectivity index is 2.72. The minimum absolute atomic E-state index is 0.0539. The Morgan fingerprint density at radius 2 is 1.83 bits per heavy atom. The third kappa shape index (κ3) is 4.71. The summed E-state index contributed by atoms with van der Waals surface area (Å²) in [5.74, 6) is -0.915. The molecule has 0 saturated heterocycles. The normalized spacial score (nSPS) is 11.1. The van der Waals surface area contributed by atoms with Gasteiger partial charge in [-0.2, -0.15) is 0 Å². The number of rotatable bonds is 7. The van der Waals surface area contributed by atoms with Gasteiger partial charge in [0.1, 0.15) is 11.4 Å². The molecular weight excluding hydrogens is 378 g/mol. The first-order valence-electron chi connectivity index (χ1n) is 9.22. The molecule has 2 aromatic rings. The molecule has 0 aliphatic heterocycles. The van der Waals surface area contributed by atoms with Crippen molar-refractivity contribution in [3.63, 3.8) is 0 Å². The molecule has 0 fully saturated rings. The summed E-state index contributed by atoms with van der Waals surface area (Å²) in [5, 5.41) is 11.4. The van der Waals surface area contributed by atoms with Gasteiger partial charge in [0.2, 0.25) is 0 Å². The molecule has 0 radical (unpaired) electrons. The lowest BCUT2D eigenvalue weighted by atomic mass is 10.1. The number of hydrogen-bond acceptors (Lipinski definition) is 6. The molecule has 0 unspecified atom stereocenters. The van der Waals surface area contributed by atoms with E-state index in [1.807, 2.05) is 27.7 Å². The van der Waals surface area contributed by atoms with E-state index < -0.39 is 22.1 Å². The summed E-state index contributed by atoms with van der Waals surface area (Å²) in [4.78, 5) is 52.1. The number of benzene rings is 1. The Hall–Kier alpha value is -3.43. The molecule has 0 atom stereocenters. The second-order valence-electron chi connectivity index (χ2n) is 7.58. The zero-order valence-corrected chi connectivity index (χ0v) is 16.8. The summed E-state index contributed by atoms with van der Waals surface area (Å²) < 4.78 is 1.20. The number of carbonyl (C=O) groups excluding carboxylic acids is 1. The van der Waals surface area contributed by atoms with Crippen molar-refractivity contribution < 1.29 is 9.72 Å². The number of nitro groups is 1. The number of nitro benzene ring substituents is 1. The van der Waals surface area contributed by atoms with Crippen molar-refractivity contribution in [3.8, 4) is 0 Å². The monoisotopic (exact) mass is 403 g/mol. The van der Waals surface area contributed by atoms with Gasteiger partial charge in [-0.15, -0.1) is 0 Å². The molecular formula is C19H25N5O5. The van der Waals surface area contributed by atoms with E-state index in [0.717, 1.165) is 4.90 Å². The number of nitrogens with zero attached hydrogens (tertiary/aromatic N) is 3. The molecule has 0 aliphatic carbocycles. The van der Waals surface area contributed by atoms with Gasteiger partial charge in [0.25, 0.3) is 17.2 Å². The molecule has 2 rings (SSSR count). The largest absolute Gasteiger partial charge is 0.383 e. The maximum Gasteiger partial charge on any atom is 0.330 e. The smallest absolute Gasteiger partial charge is 0.330 e. The number of anilines is 2. The van der Waals surface area contributed by atoms with E-state index in [-0.39, 0.29) is 47.7 Å². The Bertz CT molecular complexity index is 1040. The Labute approximate surface area is 167 Å². The molecule has 1 amide bonds. The number of para-hydroxylation sites is 1. The van der Waals surface area contributed by atoms with E-state index in [0.29, 0.717) is 0 Å². The molecule has 0 spiro atoms. The average Bonchev–Trinajstić information content (AvgIpc) is 2.63. The van der Waals surface area contributed by atoms with Crippen LogP contribution in [0.4, 0.5) is 17.2 Å². The molecule has 1 aromatic heterocycles. The quantitative estimate of drug-likeness (QED) is 0.534. The zero-order chi connectivity index (χ0) is 21.9. The summed E-state index contributed by atoms with van der Waals surface area (Å²) in [6, 6.07) is 5.49. The Morgan fingerprint density at radius 1 is 1.21 bits per heavy atom. The summed E-state index contributed by atoms with van der Waals surface area (Å²) in [6.45, 7) is 7.73. The number of hydrogen-bond donors (Lipinski definition) is 2. The molecule has 0 aliphatic rings. The van der Waals surface area contributed by atoms with Gasteiger partial charge in [0, 0.05) is 19.2 Å². The van der Waals surface area contributed by atoms with Gasteiger partial charge in [-0.3, -0.25) is 34.2 Å². The first kappa shape index (κ1) is 21.9. The minimum atomic E-state index is -0.819. The van der Waals surface area contributed by atoms with Crippen LogP contribution in [0, 0.1) is 22.0 Å². The number of aromatic nitrogens is 2. The van der Waals surface area contributed by atoms with Crippen LogP contribution in [0.15, 0.2) is 33.9 Å². The van der Waals surface area contributed by atoms with Gasteiger partial charge in [-0.25, -0.2) is 4.79 Å². The Morgan fingerprint density at radius 3 is 2.38 bits per heavy atom. The Kier molecular flexibility index (Phi) is 6.57. The van der Waals surface area contributed by atoms with Gasteiger partial charge in [0.15, 0.2) is 5.69 Å². The molecule has 156 valence electrons. The van der Waals surface area contributed by atoms with E-state index in [4.69, 9.17) is 5.73 Å². The number of carbonyl (C=O) groups is 1. The first-order valence-corrected chi connectivity index (χ1v) is 9.22. The summed E-state index contributed by atoms with van der Waals surface area (Å²) in [7, 11) is 0. The highest BCUT2D eigenvalue weighted by Gasteiger charge is 2.30. The van der Waals surface area contributed by atoms with E-state index in [9.17, 15) is 24.5 Å². The van der Waals surface area contributed by atoms with Gasteiger partial charge in [0.05, 0.1) is 4.92 Å². The molecule has 29 heavy (non-hydrogen) atoms. The SMILES string of the molecule is CC(C)CN(C(=O)c1ccccc1[N+](=O)[O-])c1c(N)n(CC(C)C)c(=O)[nH]c1=O. The van der Waals surface area contributed by atoms with Gasteiger partial charge >= 0.3 is 5.69 Å². The molecule has 1 aromatic carbocycles. The fourth-order valence-electron chi connectivity index (χ4n) is 2.98. The highest BCUT2D eigenvalue weighted by atomic mass is 16.6. The lowest BCUT2D eigenvalue weighted by molar-refractivity contribution is -0.385. The highest BCUT2D eigenvalue weighted by molar-refractivity contribution is 6.09. The third-order valence-electron chi connectivity index (χ3n) is 4.16. The standard InChI is InChI=1S/C19H25N5O5/c1-11(2)9-22(18(26)13-7-5-6-8-14(13)24(28)29)15-16(20)23(10-12(3)4)19(27)21-17(15)25/h5-8,11-12H,9-10,20H2,1-4H3,(H,21,25,27). The topological polar surface area (TPSA) is 144 Å². The van der Waals surface area contributed by atoms with Crippen molar-refractivity contribution in [3.05, 3.63) is 60.8 Å². The summed E-state index contributed by atoms with van der Waals surface area (Å²) in [5.41, 5.74) is 3.91. The maximum absolute atomic E-state index is 13.3. The molecule has 3 N–H and O–H groups in total. The number of aromatic amines is 1. The van der Waals surface area contributed by atoms with E-state index in [2.05, 4.69) is 4.98 Å². The van der Waals surface area contributed by atoms with Crippen LogP contribution in [-0.2, 0) is 6.54 Å². The van der Waals surface area contributed by atoms with E-state index >= 15 is 0 Å². The van der Waals surface area contributed by atoms with Gasteiger partial charge in [-0.05, 0) is 17.9 Å². The van der Waals surface area contributed by atoms with Crippen molar-refractivity contribution >= 4 is 23.1 Å². The molecule has 1 heterocycles. The van der Waals surface area contributed by atoms with Gasteiger partial charge < -0.3 is 5.73 Å². The van der Waals surface area contributed by atoms with Crippen molar-refractivity contribution in [2.45, 2.75) is 34.2 Å². The van der Waals surface area contributed by atoms with Gasteiger partial charge in [-0.1, -0.05) is 39.8 Å². The number of nitrogen functional groups attached to an aromatic ring is 1. The van der Waals surface area contributed by atoms with Crippen LogP contribution in [0.1, 0.15) is 38.1 Å². The molecule has 0 bridgehead atoms. The lowest BCUT2D eigenvalue weighted by Crippen LogP contribution is -2.43. The highest BCUT2D eigenvalue weighted by Crippen LogP contribution is 2.25. The van der Waals surface area contributed by atoms with Crippen molar-refractivity contribution in [1.82, 2.24) is 9.55 Å². The number of nitrogens with two attached hydrogens (primary N) is 1. The molecule has 0 saturated carbocycles. The van der Waals surface area contributed by atoms with Crippen LogP contribution in [0.25, 0.3) is 0 Å². The van der Waals surface area contributed by atoms with Crippen molar-refractivity contribution in [2.75, 3.05) is 17.2 Å². The first-order chi connectivity index (χ1) is 13.5. The predicted molar refractivity (Wildman–Crippen MR) is 110 cm³/mol. The second kappa shape index (κ2) is 8.72. The van der Waals surface area contributed by atoms with Crippen LogP contribution in [0.5, 0.6) is 0 Å². The van der Waals surface area contributed by atoms with E-state index in [1.165, 1.54) is 28.8 Å². The zero-order valence-electron chi connectivity index (χ0n) is 16.8.